The first-order valence-corrected chi connectivity index (χ1v) is 6.94. The molecule has 0 saturated heterocycles. The summed E-state index contributed by atoms with van der Waals surface area (Å²) in [6.07, 6.45) is 0. The summed E-state index contributed by atoms with van der Waals surface area (Å²) in [5.41, 5.74) is -9.01. The fourth-order valence-corrected chi connectivity index (χ4v) is 2.91. The van der Waals surface area contributed by atoms with E-state index in [1.807, 2.05) is 0 Å². The van der Waals surface area contributed by atoms with Crippen molar-refractivity contribution in [1.29, 1.82) is 0 Å². The zero-order chi connectivity index (χ0) is 14.1. The van der Waals surface area contributed by atoms with Gasteiger partial charge in [-0.05, 0) is 0 Å². The molecule has 0 bridgehead atoms. The van der Waals surface area contributed by atoms with Crippen molar-refractivity contribution in [2.24, 2.45) is 5.41 Å². The number of aliphatic hydroxyl groups is 4. The van der Waals surface area contributed by atoms with Crippen LogP contribution in [0.4, 0.5) is 0 Å². The van der Waals surface area contributed by atoms with Gasteiger partial charge in [0.2, 0.25) is 0 Å². The Balaban J connectivity index is 5.79. The monoisotopic (exact) mass is 296 g/mol. The summed E-state index contributed by atoms with van der Waals surface area (Å²) in [6, 6.07) is 0. The summed E-state index contributed by atoms with van der Waals surface area (Å²) in [7, 11) is -10.6. The smallest absolute Gasteiger partial charge is 0.292 e. The van der Waals surface area contributed by atoms with Gasteiger partial charge in [0.15, 0.2) is 10.9 Å². The second kappa shape index (κ2) is 5.11. The molecule has 0 amide bonds. The summed E-state index contributed by atoms with van der Waals surface area (Å²) in [5.74, 6) is 0. The molecule has 17 heavy (non-hydrogen) atoms. The standard InChI is InChI=1S/C5H12O10S2/c6-1-5(2-7,3(8)16(10,11)12)4(9)17(13,14)15/h3-4,6-9H,1-2H2,(H,10,11,12)(H,13,14,15). The Labute approximate surface area is 96.6 Å². The lowest BCUT2D eigenvalue weighted by molar-refractivity contribution is -0.0721. The second-order valence-electron chi connectivity index (χ2n) is 3.28. The summed E-state index contributed by atoms with van der Waals surface area (Å²) in [6.45, 7) is -3.07. The third kappa shape index (κ3) is 3.32. The topological polar surface area (TPSA) is 190 Å². The van der Waals surface area contributed by atoms with E-state index in [4.69, 9.17) is 29.5 Å². The summed E-state index contributed by atoms with van der Waals surface area (Å²) >= 11 is 0. The average Bonchev–Trinajstić information content (AvgIpc) is 2.17. The van der Waals surface area contributed by atoms with Crippen molar-refractivity contribution in [3.63, 3.8) is 0 Å². The Morgan fingerprint density at radius 1 is 0.824 bits per heavy atom. The van der Waals surface area contributed by atoms with E-state index in [1.165, 1.54) is 0 Å². The van der Waals surface area contributed by atoms with E-state index in [1.54, 1.807) is 0 Å². The van der Waals surface area contributed by atoms with Gasteiger partial charge in [0.1, 0.15) is 5.41 Å². The molecule has 104 valence electrons. The SMILES string of the molecule is O=S(=O)(O)C(O)C(CO)(CO)C(O)S(=O)(=O)O. The molecule has 12 heteroatoms. The maximum atomic E-state index is 10.6. The molecule has 10 nitrogen and oxygen atoms in total. The second-order valence-corrected chi connectivity index (χ2v) is 6.24. The normalized spacial score (nSPS) is 17.8. The molecule has 0 aliphatic rings. The number of hydrogen-bond donors (Lipinski definition) is 6. The summed E-state index contributed by atoms with van der Waals surface area (Å²) in [5, 5.41) is 35.9. The lowest BCUT2D eigenvalue weighted by Crippen LogP contribution is -2.56. The van der Waals surface area contributed by atoms with Crippen molar-refractivity contribution >= 4 is 20.2 Å². The molecular formula is C5H12O10S2. The van der Waals surface area contributed by atoms with Crippen LogP contribution in [0, 0.1) is 5.41 Å². The molecule has 0 saturated carbocycles. The molecule has 0 aliphatic heterocycles. The van der Waals surface area contributed by atoms with Crippen LogP contribution < -0.4 is 0 Å². The van der Waals surface area contributed by atoms with Crippen molar-refractivity contribution in [2.45, 2.75) is 10.9 Å². The maximum absolute atomic E-state index is 10.6. The van der Waals surface area contributed by atoms with Gasteiger partial charge >= 0.3 is 0 Å². The molecule has 0 aliphatic carbocycles. The van der Waals surface area contributed by atoms with E-state index in [0.717, 1.165) is 0 Å². The quantitative estimate of drug-likeness (QED) is 0.267. The first-order valence-electron chi connectivity index (χ1n) is 3.94. The molecule has 0 aromatic rings. The van der Waals surface area contributed by atoms with Gasteiger partial charge < -0.3 is 20.4 Å². The van der Waals surface area contributed by atoms with E-state index < -0.39 is 49.7 Å². The van der Waals surface area contributed by atoms with Crippen LogP contribution in [-0.4, -0.2) is 70.5 Å². The molecule has 0 aromatic heterocycles. The van der Waals surface area contributed by atoms with Crippen molar-refractivity contribution < 1.29 is 46.4 Å². The highest BCUT2D eigenvalue weighted by atomic mass is 32.2. The first-order chi connectivity index (χ1) is 7.43. The van der Waals surface area contributed by atoms with Gasteiger partial charge in [0.05, 0.1) is 13.2 Å². The molecule has 2 atom stereocenters. The molecule has 0 fully saturated rings. The fourth-order valence-electron chi connectivity index (χ4n) is 1.08. The zero-order valence-electron chi connectivity index (χ0n) is 8.20. The minimum absolute atomic E-state index is 1.54. The Morgan fingerprint density at radius 3 is 1.18 bits per heavy atom. The van der Waals surface area contributed by atoms with Gasteiger partial charge in [0, 0.05) is 0 Å². The maximum Gasteiger partial charge on any atom is 0.292 e. The van der Waals surface area contributed by atoms with Crippen LogP contribution in [0.1, 0.15) is 0 Å². The van der Waals surface area contributed by atoms with Gasteiger partial charge in [-0.2, -0.15) is 16.8 Å². The highest BCUT2D eigenvalue weighted by Crippen LogP contribution is 2.31. The Hall–Kier alpha value is -0.340. The molecule has 0 aromatic carbocycles. The average molecular weight is 296 g/mol. The van der Waals surface area contributed by atoms with Crippen molar-refractivity contribution in [1.82, 2.24) is 0 Å². The minimum Gasteiger partial charge on any atom is -0.395 e. The van der Waals surface area contributed by atoms with Crippen LogP contribution >= 0.6 is 0 Å². The van der Waals surface area contributed by atoms with Crippen molar-refractivity contribution in [3.8, 4) is 0 Å². The molecular weight excluding hydrogens is 284 g/mol. The van der Waals surface area contributed by atoms with E-state index in [9.17, 15) is 16.8 Å². The van der Waals surface area contributed by atoms with Gasteiger partial charge in [-0.3, -0.25) is 9.11 Å². The van der Waals surface area contributed by atoms with E-state index in [2.05, 4.69) is 0 Å². The van der Waals surface area contributed by atoms with E-state index in [-0.39, 0.29) is 0 Å². The third-order valence-corrected chi connectivity index (χ3v) is 4.20. The Kier molecular flexibility index (Phi) is 5.01. The lowest BCUT2D eigenvalue weighted by Gasteiger charge is -2.34. The van der Waals surface area contributed by atoms with Crippen LogP contribution in [0.15, 0.2) is 0 Å². The number of hydrogen-bond acceptors (Lipinski definition) is 8. The molecule has 0 heterocycles. The van der Waals surface area contributed by atoms with Gasteiger partial charge in [-0.1, -0.05) is 0 Å². The van der Waals surface area contributed by atoms with E-state index in [0.29, 0.717) is 0 Å². The summed E-state index contributed by atoms with van der Waals surface area (Å²) in [4.78, 5) is 0. The summed E-state index contributed by atoms with van der Waals surface area (Å²) < 4.78 is 59.5. The predicted octanol–water partition coefficient (Wildman–Crippen LogP) is -3.63. The minimum atomic E-state index is -5.29. The zero-order valence-corrected chi connectivity index (χ0v) is 9.83. The van der Waals surface area contributed by atoms with Gasteiger partial charge in [-0.25, -0.2) is 0 Å². The molecule has 6 N–H and O–H groups in total. The largest absolute Gasteiger partial charge is 0.395 e. The van der Waals surface area contributed by atoms with Crippen LogP contribution in [0.3, 0.4) is 0 Å². The Morgan fingerprint density at radius 2 is 1.06 bits per heavy atom. The lowest BCUT2D eigenvalue weighted by atomic mass is 9.92. The third-order valence-electron chi connectivity index (χ3n) is 2.14. The van der Waals surface area contributed by atoms with Crippen LogP contribution in [0.5, 0.6) is 0 Å². The molecule has 0 spiro atoms. The molecule has 0 rings (SSSR count). The van der Waals surface area contributed by atoms with Crippen LogP contribution in [-0.2, 0) is 20.2 Å². The van der Waals surface area contributed by atoms with Crippen LogP contribution in [0.2, 0.25) is 0 Å². The number of rotatable bonds is 6. The van der Waals surface area contributed by atoms with E-state index >= 15 is 0 Å². The number of aliphatic hydroxyl groups excluding tert-OH is 4. The van der Waals surface area contributed by atoms with Crippen molar-refractivity contribution in [3.05, 3.63) is 0 Å². The van der Waals surface area contributed by atoms with Gasteiger partial charge in [0.25, 0.3) is 20.2 Å². The Bertz CT molecular complexity index is 405. The highest BCUT2D eigenvalue weighted by Gasteiger charge is 2.54. The highest BCUT2D eigenvalue weighted by molar-refractivity contribution is 7.87. The molecule has 2 unspecified atom stereocenters. The molecule has 0 radical (unpaired) electrons. The predicted molar refractivity (Wildman–Crippen MR) is 51.7 cm³/mol. The van der Waals surface area contributed by atoms with Crippen molar-refractivity contribution in [2.75, 3.05) is 13.2 Å². The van der Waals surface area contributed by atoms with Gasteiger partial charge in [-0.15, -0.1) is 0 Å². The first kappa shape index (κ1) is 16.7. The fraction of sp³-hybridized carbons (Fsp3) is 1.00. The van der Waals surface area contributed by atoms with Crippen LogP contribution in [0.25, 0.3) is 0 Å².